The van der Waals surface area contributed by atoms with Crippen LogP contribution in [-0.4, -0.2) is 29.4 Å². The van der Waals surface area contributed by atoms with Gasteiger partial charge in [-0.1, -0.05) is 29.4 Å². The number of hydrogen-bond donors (Lipinski definition) is 0. The highest BCUT2D eigenvalue weighted by Gasteiger charge is 2.20. The molecular weight excluding hydrogens is 415 g/mol. The van der Waals surface area contributed by atoms with E-state index in [1.54, 1.807) is 34.9 Å². The van der Waals surface area contributed by atoms with Gasteiger partial charge in [0, 0.05) is 17.4 Å². The first kappa shape index (κ1) is 20.2. The largest absolute Gasteiger partial charge is 0.494 e. The van der Waals surface area contributed by atoms with Gasteiger partial charge in [0.15, 0.2) is 16.7 Å². The second kappa shape index (κ2) is 8.73. The zero-order valence-electron chi connectivity index (χ0n) is 15.9. The zero-order chi connectivity index (χ0) is 20.4. The predicted molar refractivity (Wildman–Crippen MR) is 113 cm³/mol. The van der Waals surface area contributed by atoms with Crippen LogP contribution in [0.25, 0.3) is 10.9 Å². The molecule has 0 amide bonds. The molecule has 1 saturated heterocycles. The van der Waals surface area contributed by atoms with Crippen LogP contribution in [0, 0.1) is 5.82 Å². The van der Waals surface area contributed by atoms with Gasteiger partial charge >= 0.3 is 0 Å². The smallest absolute Gasteiger partial charge is 0.262 e. The van der Waals surface area contributed by atoms with Gasteiger partial charge in [-0.2, -0.15) is 0 Å². The maximum absolute atomic E-state index is 14.0. The minimum absolute atomic E-state index is 0.00275. The Morgan fingerprint density at radius 2 is 2.21 bits per heavy atom. The summed E-state index contributed by atoms with van der Waals surface area (Å²) in [7, 11) is 1.43. The number of rotatable bonds is 6. The molecule has 1 unspecified atom stereocenters. The quantitative estimate of drug-likeness (QED) is 0.417. The normalized spacial score (nSPS) is 16.4. The summed E-state index contributed by atoms with van der Waals surface area (Å²) >= 11 is 7.48. The van der Waals surface area contributed by atoms with Gasteiger partial charge in [0.25, 0.3) is 5.56 Å². The first-order valence-corrected chi connectivity index (χ1v) is 10.7. The van der Waals surface area contributed by atoms with Crippen LogP contribution >= 0.6 is 23.4 Å². The summed E-state index contributed by atoms with van der Waals surface area (Å²) in [6.45, 7) is 1.16. The van der Waals surface area contributed by atoms with Crippen molar-refractivity contribution in [2.75, 3.05) is 13.7 Å². The first-order chi connectivity index (χ1) is 14.0. The zero-order valence-corrected chi connectivity index (χ0v) is 17.4. The highest BCUT2D eigenvalue weighted by molar-refractivity contribution is 7.98. The predicted octanol–water partition coefficient (Wildman–Crippen LogP) is 4.67. The number of methoxy groups -OCH3 is 1. The van der Waals surface area contributed by atoms with E-state index in [2.05, 4.69) is 4.98 Å². The molecule has 1 aromatic heterocycles. The standard InChI is InChI=1S/C21H20ClFN2O3S/c1-27-19-7-4-13(9-17(19)23)12-29-21-24-18-10-14(22)5-6-16(18)20(26)25(21)11-15-3-2-8-28-15/h4-7,9-10,15H,2-3,8,11-12H2,1H3. The Kier molecular flexibility index (Phi) is 6.08. The SMILES string of the molecule is COc1ccc(CSc2nc3cc(Cl)ccc3c(=O)n2CC2CCCO2)cc1F. The van der Waals surface area contributed by atoms with Gasteiger partial charge in [0.05, 0.1) is 30.7 Å². The van der Waals surface area contributed by atoms with E-state index in [4.69, 9.17) is 21.1 Å². The van der Waals surface area contributed by atoms with E-state index >= 15 is 0 Å². The van der Waals surface area contributed by atoms with Crippen LogP contribution in [0.4, 0.5) is 4.39 Å². The third-order valence-electron chi connectivity index (χ3n) is 4.88. The van der Waals surface area contributed by atoms with Crippen molar-refractivity contribution in [2.45, 2.75) is 36.4 Å². The second-order valence-corrected chi connectivity index (χ2v) is 8.24. The summed E-state index contributed by atoms with van der Waals surface area (Å²) in [6, 6.07) is 9.91. The molecule has 29 heavy (non-hydrogen) atoms. The first-order valence-electron chi connectivity index (χ1n) is 9.32. The lowest BCUT2D eigenvalue weighted by molar-refractivity contribution is 0.0937. The Morgan fingerprint density at radius 1 is 1.34 bits per heavy atom. The fraction of sp³-hybridized carbons (Fsp3) is 0.333. The fourth-order valence-electron chi connectivity index (χ4n) is 3.38. The molecule has 0 saturated carbocycles. The number of fused-ring (bicyclic) bond motifs is 1. The number of benzene rings is 2. The van der Waals surface area contributed by atoms with Gasteiger partial charge in [-0.15, -0.1) is 0 Å². The lowest BCUT2D eigenvalue weighted by Crippen LogP contribution is -2.28. The van der Waals surface area contributed by atoms with Gasteiger partial charge in [0.2, 0.25) is 0 Å². The Bertz CT molecular complexity index is 1100. The van der Waals surface area contributed by atoms with E-state index in [0.717, 1.165) is 18.4 Å². The van der Waals surface area contributed by atoms with Gasteiger partial charge < -0.3 is 9.47 Å². The Hall–Kier alpha value is -2.09. The van der Waals surface area contributed by atoms with Gasteiger partial charge in [0.1, 0.15) is 0 Å². The van der Waals surface area contributed by atoms with E-state index < -0.39 is 5.82 Å². The van der Waals surface area contributed by atoms with Crippen molar-refractivity contribution in [1.82, 2.24) is 9.55 Å². The molecule has 2 aromatic carbocycles. The van der Waals surface area contributed by atoms with Crippen molar-refractivity contribution in [3.8, 4) is 5.75 Å². The summed E-state index contributed by atoms with van der Waals surface area (Å²) < 4.78 is 26.4. The van der Waals surface area contributed by atoms with Crippen molar-refractivity contribution in [2.24, 2.45) is 0 Å². The molecule has 1 atom stereocenters. The van der Waals surface area contributed by atoms with Gasteiger partial charge in [-0.05, 0) is 48.7 Å². The number of nitrogens with zero attached hydrogens (tertiary/aromatic N) is 2. The van der Waals surface area contributed by atoms with Crippen LogP contribution in [0.2, 0.25) is 5.02 Å². The second-order valence-electron chi connectivity index (χ2n) is 6.86. The summed E-state index contributed by atoms with van der Waals surface area (Å²) in [5, 5.41) is 1.61. The number of thioether (sulfide) groups is 1. The number of ether oxygens (including phenoxy) is 2. The Labute approximate surface area is 176 Å². The topological polar surface area (TPSA) is 53.3 Å². The third kappa shape index (κ3) is 4.42. The lowest BCUT2D eigenvalue weighted by Gasteiger charge is -2.16. The lowest BCUT2D eigenvalue weighted by atomic mass is 10.2. The summed E-state index contributed by atoms with van der Waals surface area (Å²) in [6.07, 6.45) is 1.90. The van der Waals surface area contributed by atoms with Gasteiger partial charge in [-0.25, -0.2) is 9.37 Å². The Balaban J connectivity index is 1.68. The van der Waals surface area contributed by atoms with E-state index in [0.29, 0.717) is 40.0 Å². The average molecular weight is 435 g/mol. The molecule has 1 aliphatic rings. The van der Waals surface area contributed by atoms with E-state index in [1.165, 1.54) is 24.9 Å². The van der Waals surface area contributed by atoms with Crippen molar-refractivity contribution < 1.29 is 13.9 Å². The molecule has 1 fully saturated rings. The maximum Gasteiger partial charge on any atom is 0.262 e. The van der Waals surface area contributed by atoms with Crippen LogP contribution in [-0.2, 0) is 17.0 Å². The maximum atomic E-state index is 14.0. The molecule has 4 rings (SSSR count). The summed E-state index contributed by atoms with van der Waals surface area (Å²) in [4.78, 5) is 17.8. The fourth-order valence-corrected chi connectivity index (χ4v) is 4.50. The van der Waals surface area contributed by atoms with E-state index in [1.807, 2.05) is 0 Å². The number of aromatic nitrogens is 2. The third-order valence-corrected chi connectivity index (χ3v) is 6.16. The highest BCUT2D eigenvalue weighted by Crippen LogP contribution is 2.27. The van der Waals surface area contributed by atoms with E-state index in [9.17, 15) is 9.18 Å². The molecule has 5 nitrogen and oxygen atoms in total. The average Bonchev–Trinajstić information content (AvgIpc) is 3.22. The van der Waals surface area contributed by atoms with Crippen LogP contribution in [0.15, 0.2) is 46.3 Å². The monoisotopic (exact) mass is 434 g/mol. The van der Waals surface area contributed by atoms with Crippen molar-refractivity contribution in [1.29, 1.82) is 0 Å². The molecule has 0 N–H and O–H groups in total. The summed E-state index contributed by atoms with van der Waals surface area (Å²) in [5.74, 6) is 0.249. The van der Waals surface area contributed by atoms with Crippen LogP contribution in [0.5, 0.6) is 5.75 Å². The van der Waals surface area contributed by atoms with Crippen molar-refractivity contribution in [3.05, 3.63) is 63.2 Å². The number of hydrogen-bond acceptors (Lipinski definition) is 5. The molecule has 152 valence electrons. The molecular formula is C21H20ClFN2O3S. The molecule has 0 aliphatic carbocycles. The van der Waals surface area contributed by atoms with Crippen LogP contribution < -0.4 is 10.3 Å². The van der Waals surface area contributed by atoms with Crippen molar-refractivity contribution in [3.63, 3.8) is 0 Å². The van der Waals surface area contributed by atoms with Crippen molar-refractivity contribution >= 4 is 34.3 Å². The highest BCUT2D eigenvalue weighted by atomic mass is 35.5. The van der Waals surface area contributed by atoms with Crippen LogP contribution in [0.3, 0.4) is 0 Å². The molecule has 0 bridgehead atoms. The molecule has 8 heteroatoms. The minimum atomic E-state index is -0.416. The minimum Gasteiger partial charge on any atom is -0.494 e. The Morgan fingerprint density at radius 3 is 2.93 bits per heavy atom. The molecule has 0 radical (unpaired) electrons. The van der Waals surface area contributed by atoms with Crippen LogP contribution in [0.1, 0.15) is 18.4 Å². The number of halogens is 2. The van der Waals surface area contributed by atoms with E-state index in [-0.39, 0.29) is 17.4 Å². The summed E-state index contributed by atoms with van der Waals surface area (Å²) in [5.41, 5.74) is 1.21. The van der Waals surface area contributed by atoms with Gasteiger partial charge in [-0.3, -0.25) is 9.36 Å². The molecule has 3 aromatic rings. The molecule has 1 aliphatic heterocycles. The molecule has 2 heterocycles. The molecule has 0 spiro atoms.